The molecular weight excluding hydrogens is 372 g/mol. The van der Waals surface area contributed by atoms with Gasteiger partial charge in [-0.1, -0.05) is 38.1 Å². The van der Waals surface area contributed by atoms with Crippen molar-refractivity contribution in [3.63, 3.8) is 0 Å². The van der Waals surface area contributed by atoms with Crippen molar-refractivity contribution in [2.75, 3.05) is 12.5 Å². The Balaban J connectivity index is 2.18. The third-order valence-corrected chi connectivity index (χ3v) is 5.08. The minimum Gasteiger partial charge on any atom is -0.494 e. The lowest BCUT2D eigenvalue weighted by Crippen LogP contribution is -2.25. The normalized spacial score (nSPS) is 11.5. The first-order valence-corrected chi connectivity index (χ1v) is 10.3. The van der Waals surface area contributed by atoms with Gasteiger partial charge in [0.15, 0.2) is 0 Å². The van der Waals surface area contributed by atoms with Crippen molar-refractivity contribution in [1.29, 1.82) is 0 Å². The maximum absolute atomic E-state index is 12.7. The van der Waals surface area contributed by atoms with E-state index in [-0.39, 0.29) is 11.7 Å². The molecule has 0 aliphatic rings. The zero-order chi connectivity index (χ0) is 20.3. The second kappa shape index (κ2) is 8.78. The largest absolute Gasteiger partial charge is 0.494 e. The van der Waals surface area contributed by atoms with E-state index in [1.807, 2.05) is 44.2 Å². The number of aromatic nitrogens is 2. The molecule has 0 amide bonds. The molecule has 5 heteroatoms. The van der Waals surface area contributed by atoms with Crippen LogP contribution in [0.15, 0.2) is 47.3 Å². The molecule has 0 saturated carbocycles. The molecule has 0 N–H and O–H groups in total. The van der Waals surface area contributed by atoms with E-state index >= 15 is 0 Å². The van der Waals surface area contributed by atoms with Gasteiger partial charge in [0.2, 0.25) is 0 Å². The summed E-state index contributed by atoms with van der Waals surface area (Å²) in [5, 5.41) is 0.911. The Morgan fingerprint density at radius 1 is 1.07 bits per heavy atom. The Morgan fingerprint density at radius 3 is 2.39 bits per heavy atom. The van der Waals surface area contributed by atoms with Gasteiger partial charge in [-0.05, 0) is 49.9 Å². The number of benzene rings is 2. The summed E-state index contributed by atoms with van der Waals surface area (Å²) in [5.74, 6) is 1.78. The van der Waals surface area contributed by atoms with E-state index in [1.54, 1.807) is 4.57 Å². The number of alkyl halides is 1. The van der Waals surface area contributed by atoms with Crippen LogP contribution < -0.4 is 10.4 Å². The second-order valence-corrected chi connectivity index (χ2v) is 7.93. The van der Waals surface area contributed by atoms with Crippen molar-refractivity contribution in [2.24, 2.45) is 0 Å². The molecule has 1 aromatic heterocycles. The molecule has 1 heterocycles. The van der Waals surface area contributed by atoms with E-state index in [0.717, 1.165) is 28.6 Å². The highest BCUT2D eigenvalue weighted by atomic mass is 35.5. The summed E-state index contributed by atoms with van der Waals surface area (Å²) in [4.78, 5) is 17.2. The number of hydrogen-bond donors (Lipinski definition) is 0. The molecular formula is C23H27ClN2O2. The van der Waals surface area contributed by atoms with Gasteiger partial charge in [0, 0.05) is 22.9 Å². The number of fused-ring (bicyclic) bond motifs is 1. The maximum atomic E-state index is 12.7. The lowest BCUT2D eigenvalue weighted by atomic mass is 9.99. The lowest BCUT2D eigenvalue weighted by molar-refractivity contribution is 0.318. The zero-order valence-corrected chi connectivity index (χ0v) is 17.7. The molecule has 0 unspecified atom stereocenters. The van der Waals surface area contributed by atoms with E-state index in [2.05, 4.69) is 31.0 Å². The Morgan fingerprint density at radius 2 is 1.79 bits per heavy atom. The average Bonchev–Trinajstić information content (AvgIpc) is 2.67. The summed E-state index contributed by atoms with van der Waals surface area (Å²) < 4.78 is 7.55. The van der Waals surface area contributed by atoms with Crippen LogP contribution in [0.2, 0.25) is 0 Å². The summed E-state index contributed by atoms with van der Waals surface area (Å²) in [5.41, 5.74) is 3.51. The highest BCUT2D eigenvalue weighted by Crippen LogP contribution is 2.30. The quantitative estimate of drug-likeness (QED) is 0.374. The fourth-order valence-electron chi connectivity index (χ4n) is 3.31. The van der Waals surface area contributed by atoms with Crippen LogP contribution in [0.1, 0.15) is 51.6 Å². The monoisotopic (exact) mass is 398 g/mol. The molecule has 4 nitrogen and oxygen atoms in total. The van der Waals surface area contributed by atoms with Gasteiger partial charge in [-0.15, -0.1) is 11.6 Å². The first-order valence-electron chi connectivity index (χ1n) is 9.77. The highest BCUT2D eigenvalue weighted by molar-refractivity contribution is 6.17. The van der Waals surface area contributed by atoms with Crippen LogP contribution in [0.5, 0.6) is 5.75 Å². The van der Waals surface area contributed by atoms with Crippen LogP contribution in [0.3, 0.4) is 0 Å². The molecule has 0 fully saturated rings. The smallest absolute Gasteiger partial charge is 0.348 e. The Kier molecular flexibility index (Phi) is 6.40. The van der Waals surface area contributed by atoms with Gasteiger partial charge in [0.05, 0.1) is 17.8 Å². The molecule has 3 aromatic rings. The zero-order valence-electron chi connectivity index (χ0n) is 16.9. The van der Waals surface area contributed by atoms with E-state index in [0.29, 0.717) is 24.1 Å². The molecule has 0 saturated heterocycles. The second-order valence-electron chi connectivity index (χ2n) is 7.55. The maximum Gasteiger partial charge on any atom is 0.348 e. The van der Waals surface area contributed by atoms with E-state index < -0.39 is 0 Å². The molecule has 0 aliphatic heterocycles. The minimum atomic E-state index is -0.235. The number of halogens is 1. The first-order chi connectivity index (χ1) is 13.4. The van der Waals surface area contributed by atoms with Crippen molar-refractivity contribution in [3.05, 3.63) is 58.5 Å². The third-order valence-electron chi connectivity index (χ3n) is 4.81. The predicted octanol–water partition coefficient (Wildman–Crippen LogP) is 5.78. The molecule has 0 spiro atoms. The average molecular weight is 399 g/mol. The SMILES string of the molecule is CC(C)c1ccc(-c2nc(=O)n(C(C)C)c3ccc(OCCCCl)cc23)cc1. The molecule has 0 aliphatic carbocycles. The Hall–Kier alpha value is -2.33. The fourth-order valence-corrected chi connectivity index (χ4v) is 3.42. The third kappa shape index (κ3) is 4.22. The van der Waals surface area contributed by atoms with Crippen LogP contribution in [0.25, 0.3) is 22.2 Å². The van der Waals surface area contributed by atoms with Crippen LogP contribution in [0, 0.1) is 0 Å². The van der Waals surface area contributed by atoms with Gasteiger partial charge < -0.3 is 4.74 Å². The topological polar surface area (TPSA) is 44.1 Å². The predicted molar refractivity (Wildman–Crippen MR) is 117 cm³/mol. The molecule has 0 atom stereocenters. The van der Waals surface area contributed by atoms with Crippen molar-refractivity contribution >= 4 is 22.5 Å². The summed E-state index contributed by atoms with van der Waals surface area (Å²) in [6.45, 7) is 8.87. The van der Waals surface area contributed by atoms with Crippen molar-refractivity contribution in [3.8, 4) is 17.0 Å². The Bertz CT molecular complexity index is 1010. The fraction of sp³-hybridized carbons (Fsp3) is 0.391. The van der Waals surface area contributed by atoms with Gasteiger partial charge in [-0.2, -0.15) is 4.98 Å². The molecule has 28 heavy (non-hydrogen) atoms. The van der Waals surface area contributed by atoms with E-state index in [1.165, 1.54) is 5.56 Å². The summed E-state index contributed by atoms with van der Waals surface area (Å²) in [6.07, 6.45) is 0.785. The van der Waals surface area contributed by atoms with E-state index in [9.17, 15) is 4.79 Å². The molecule has 0 radical (unpaired) electrons. The number of hydrogen-bond acceptors (Lipinski definition) is 3. The van der Waals surface area contributed by atoms with Gasteiger partial charge in [0.25, 0.3) is 0 Å². The summed E-state index contributed by atoms with van der Waals surface area (Å²) in [7, 11) is 0. The summed E-state index contributed by atoms with van der Waals surface area (Å²) in [6, 6.07) is 14.1. The highest BCUT2D eigenvalue weighted by Gasteiger charge is 2.15. The van der Waals surface area contributed by atoms with Gasteiger partial charge >= 0.3 is 5.69 Å². The van der Waals surface area contributed by atoms with E-state index in [4.69, 9.17) is 16.3 Å². The molecule has 2 aromatic carbocycles. The standard InChI is InChI=1S/C23H27ClN2O2/c1-15(2)17-6-8-18(9-7-17)22-20-14-19(28-13-5-12-24)10-11-21(20)26(16(3)4)23(27)25-22/h6-11,14-16H,5,12-13H2,1-4H3. The van der Waals surface area contributed by atoms with Crippen LogP contribution in [-0.2, 0) is 0 Å². The number of nitrogens with zero attached hydrogens (tertiary/aromatic N) is 2. The van der Waals surface area contributed by atoms with Gasteiger partial charge in [-0.25, -0.2) is 4.79 Å². The van der Waals surface area contributed by atoms with Crippen molar-refractivity contribution in [1.82, 2.24) is 9.55 Å². The lowest BCUT2D eigenvalue weighted by Gasteiger charge is -2.17. The number of rotatable bonds is 7. The molecule has 3 rings (SSSR count). The van der Waals surface area contributed by atoms with Crippen LogP contribution in [0.4, 0.5) is 0 Å². The first kappa shape index (κ1) is 20.4. The van der Waals surface area contributed by atoms with Crippen LogP contribution in [-0.4, -0.2) is 22.0 Å². The van der Waals surface area contributed by atoms with Crippen molar-refractivity contribution in [2.45, 2.75) is 46.1 Å². The van der Waals surface area contributed by atoms with Crippen LogP contribution >= 0.6 is 11.6 Å². The van der Waals surface area contributed by atoms with Gasteiger partial charge in [0.1, 0.15) is 5.75 Å². The molecule has 148 valence electrons. The summed E-state index contributed by atoms with van der Waals surface area (Å²) >= 11 is 5.75. The molecule has 0 bridgehead atoms. The minimum absolute atomic E-state index is 0.0166. The Labute approximate surface area is 171 Å². The number of ether oxygens (including phenoxy) is 1. The van der Waals surface area contributed by atoms with Crippen molar-refractivity contribution < 1.29 is 4.74 Å². The van der Waals surface area contributed by atoms with Gasteiger partial charge in [-0.3, -0.25) is 4.57 Å².